The number of aromatic nitrogens is 2. The summed E-state index contributed by atoms with van der Waals surface area (Å²) in [5.41, 5.74) is 0. The Morgan fingerprint density at radius 3 is 2.64 bits per heavy atom. The number of ether oxygens (including phenoxy) is 1. The Morgan fingerprint density at radius 1 is 1.50 bits per heavy atom. The highest BCUT2D eigenvalue weighted by Crippen LogP contribution is 2.20. The van der Waals surface area contributed by atoms with Gasteiger partial charge in [0.1, 0.15) is 6.42 Å². The van der Waals surface area contributed by atoms with Crippen LogP contribution in [0.3, 0.4) is 0 Å². The van der Waals surface area contributed by atoms with Crippen LogP contribution in [0, 0.1) is 0 Å². The third-order valence-electron chi connectivity index (χ3n) is 1.18. The van der Waals surface area contributed by atoms with Crippen LogP contribution >= 0.6 is 0 Å². The largest absolute Gasteiger partial charge is 0.462 e. The summed E-state index contributed by atoms with van der Waals surface area (Å²) >= 11 is 0. The fourth-order valence-corrected chi connectivity index (χ4v) is 0.666. The third-order valence-corrected chi connectivity index (χ3v) is 1.18. The van der Waals surface area contributed by atoms with E-state index in [0.717, 1.165) is 7.11 Å². The van der Waals surface area contributed by atoms with E-state index in [9.17, 15) is 18.0 Å². The first-order valence-electron chi connectivity index (χ1n) is 3.40. The first-order chi connectivity index (χ1) is 6.42. The van der Waals surface area contributed by atoms with Crippen molar-refractivity contribution in [3.63, 3.8) is 0 Å². The van der Waals surface area contributed by atoms with Gasteiger partial charge in [0, 0.05) is 0 Å². The lowest BCUT2D eigenvalue weighted by Crippen LogP contribution is -2.11. The highest BCUT2D eigenvalue weighted by atomic mass is 19.4. The van der Waals surface area contributed by atoms with Gasteiger partial charge >= 0.3 is 18.0 Å². The summed E-state index contributed by atoms with van der Waals surface area (Å²) in [6.45, 7) is 0. The molecule has 0 bridgehead atoms. The van der Waals surface area contributed by atoms with Gasteiger partial charge in [-0.05, 0) is 0 Å². The molecule has 0 saturated carbocycles. The second-order valence-corrected chi connectivity index (χ2v) is 2.28. The predicted molar refractivity (Wildman–Crippen MR) is 35.4 cm³/mol. The molecule has 0 atom stereocenters. The van der Waals surface area contributed by atoms with Crippen LogP contribution in [-0.4, -0.2) is 29.5 Å². The molecule has 1 heterocycles. The molecule has 1 aromatic heterocycles. The van der Waals surface area contributed by atoms with Crippen molar-refractivity contribution in [3.8, 4) is 0 Å². The van der Waals surface area contributed by atoms with Crippen molar-refractivity contribution < 1.29 is 27.1 Å². The molecule has 78 valence electrons. The van der Waals surface area contributed by atoms with Crippen molar-refractivity contribution >= 4 is 5.97 Å². The smallest absolute Gasteiger partial charge is 0.397 e. The second-order valence-electron chi connectivity index (χ2n) is 2.28. The lowest BCUT2D eigenvalue weighted by Gasteiger charge is -1.99. The summed E-state index contributed by atoms with van der Waals surface area (Å²) in [4.78, 5) is 10.7. The molecule has 14 heavy (non-hydrogen) atoms. The standard InChI is InChI=1S/C6H5F3N2O3/c1-13-5(12)4-11-10-3(14-4)2-6(7,8)9/h2H2,1H3. The molecule has 0 aliphatic carbocycles. The fourth-order valence-electron chi connectivity index (χ4n) is 0.666. The SMILES string of the molecule is COC(=O)c1nnc(CC(F)(F)F)o1. The number of methoxy groups -OCH3 is 1. The summed E-state index contributed by atoms with van der Waals surface area (Å²) in [6.07, 6.45) is -5.81. The minimum absolute atomic E-state index is 0.591. The Morgan fingerprint density at radius 2 is 2.14 bits per heavy atom. The van der Waals surface area contributed by atoms with Gasteiger partial charge in [-0.1, -0.05) is 0 Å². The van der Waals surface area contributed by atoms with Crippen LogP contribution in [0.1, 0.15) is 16.6 Å². The highest BCUT2D eigenvalue weighted by molar-refractivity contribution is 5.83. The van der Waals surface area contributed by atoms with Gasteiger partial charge in [-0.3, -0.25) is 0 Å². The summed E-state index contributed by atoms with van der Waals surface area (Å²) in [5.74, 6) is -2.23. The van der Waals surface area contributed by atoms with Crippen molar-refractivity contribution in [2.75, 3.05) is 7.11 Å². The molecule has 0 aromatic carbocycles. The van der Waals surface area contributed by atoms with Gasteiger partial charge in [0.05, 0.1) is 7.11 Å². The average Bonchev–Trinajstić information content (AvgIpc) is 2.48. The number of carbonyl (C=O) groups is 1. The Kier molecular flexibility index (Phi) is 2.73. The zero-order valence-electron chi connectivity index (χ0n) is 6.96. The summed E-state index contributed by atoms with van der Waals surface area (Å²) in [6, 6.07) is 0. The molecule has 1 aromatic rings. The number of esters is 1. The molecule has 1 rings (SSSR count). The zero-order chi connectivity index (χ0) is 10.8. The van der Waals surface area contributed by atoms with Crippen LogP contribution in [0.25, 0.3) is 0 Å². The molecule has 5 nitrogen and oxygen atoms in total. The average molecular weight is 210 g/mol. The minimum atomic E-state index is -4.44. The van der Waals surface area contributed by atoms with Gasteiger partial charge < -0.3 is 9.15 Å². The lowest BCUT2D eigenvalue weighted by atomic mass is 10.4. The van der Waals surface area contributed by atoms with Crippen LogP contribution < -0.4 is 0 Å². The van der Waals surface area contributed by atoms with Crippen LogP contribution in [0.4, 0.5) is 13.2 Å². The molecule has 0 fully saturated rings. The molecule has 0 aliphatic rings. The van der Waals surface area contributed by atoms with E-state index in [1.807, 2.05) is 0 Å². The highest BCUT2D eigenvalue weighted by Gasteiger charge is 2.31. The molecule has 0 saturated heterocycles. The normalized spacial score (nSPS) is 11.4. The van der Waals surface area contributed by atoms with Gasteiger partial charge in [0.2, 0.25) is 5.89 Å². The van der Waals surface area contributed by atoms with Gasteiger partial charge in [0.15, 0.2) is 0 Å². The summed E-state index contributed by atoms with van der Waals surface area (Å²) in [5, 5.41) is 6.11. The van der Waals surface area contributed by atoms with E-state index < -0.39 is 30.3 Å². The summed E-state index contributed by atoms with van der Waals surface area (Å²) in [7, 11) is 1.05. The van der Waals surface area contributed by atoms with Crippen LogP contribution in [0.2, 0.25) is 0 Å². The van der Waals surface area contributed by atoms with Gasteiger partial charge in [-0.15, -0.1) is 10.2 Å². The van der Waals surface area contributed by atoms with Crippen LogP contribution in [-0.2, 0) is 11.2 Å². The maximum Gasteiger partial charge on any atom is 0.397 e. The number of halogens is 3. The second kappa shape index (κ2) is 3.64. The minimum Gasteiger partial charge on any atom is -0.462 e. The molecule has 0 amide bonds. The Labute approximate surface area is 75.9 Å². The first kappa shape index (κ1) is 10.5. The molecular formula is C6H5F3N2O3. The fraction of sp³-hybridized carbons (Fsp3) is 0.500. The molecule has 0 aliphatic heterocycles. The van der Waals surface area contributed by atoms with Crippen molar-refractivity contribution in [1.82, 2.24) is 10.2 Å². The van der Waals surface area contributed by atoms with E-state index in [1.54, 1.807) is 0 Å². The van der Waals surface area contributed by atoms with Gasteiger partial charge in [-0.2, -0.15) is 13.2 Å². The zero-order valence-corrected chi connectivity index (χ0v) is 6.96. The number of nitrogens with zero attached hydrogens (tertiary/aromatic N) is 2. The Hall–Kier alpha value is -1.60. The third kappa shape index (κ3) is 2.71. The van der Waals surface area contributed by atoms with Crippen molar-refractivity contribution in [2.45, 2.75) is 12.6 Å². The van der Waals surface area contributed by atoms with Crippen molar-refractivity contribution in [2.24, 2.45) is 0 Å². The Balaban J connectivity index is 2.74. The molecule has 0 N–H and O–H groups in total. The number of alkyl halides is 3. The van der Waals surface area contributed by atoms with E-state index in [0.29, 0.717) is 0 Å². The maximum atomic E-state index is 11.8. The van der Waals surface area contributed by atoms with Gasteiger partial charge in [-0.25, -0.2) is 4.79 Å². The van der Waals surface area contributed by atoms with Crippen molar-refractivity contribution in [1.29, 1.82) is 0 Å². The topological polar surface area (TPSA) is 65.2 Å². The lowest BCUT2D eigenvalue weighted by molar-refractivity contribution is -0.130. The van der Waals surface area contributed by atoms with E-state index in [-0.39, 0.29) is 0 Å². The molecule has 0 spiro atoms. The quantitative estimate of drug-likeness (QED) is 0.680. The van der Waals surface area contributed by atoms with E-state index in [2.05, 4.69) is 19.4 Å². The number of hydrogen-bond donors (Lipinski definition) is 0. The van der Waals surface area contributed by atoms with E-state index >= 15 is 0 Å². The van der Waals surface area contributed by atoms with Crippen LogP contribution in [0.5, 0.6) is 0 Å². The van der Waals surface area contributed by atoms with E-state index in [1.165, 1.54) is 0 Å². The maximum absolute atomic E-state index is 11.8. The molecule has 8 heteroatoms. The first-order valence-corrected chi connectivity index (χ1v) is 3.40. The number of carbonyl (C=O) groups excluding carboxylic acids is 1. The molecule has 0 unspecified atom stereocenters. The number of hydrogen-bond acceptors (Lipinski definition) is 5. The van der Waals surface area contributed by atoms with Gasteiger partial charge in [0.25, 0.3) is 0 Å². The van der Waals surface area contributed by atoms with Crippen molar-refractivity contribution in [3.05, 3.63) is 11.8 Å². The Bertz CT molecular complexity index is 333. The summed E-state index contributed by atoms with van der Waals surface area (Å²) < 4.78 is 43.9. The van der Waals surface area contributed by atoms with Crippen LogP contribution in [0.15, 0.2) is 4.42 Å². The monoisotopic (exact) mass is 210 g/mol. The van der Waals surface area contributed by atoms with E-state index in [4.69, 9.17) is 0 Å². The molecule has 0 radical (unpaired) electrons. The molecular weight excluding hydrogens is 205 g/mol. The number of rotatable bonds is 2. The predicted octanol–water partition coefficient (Wildman–Crippen LogP) is 0.961.